The van der Waals surface area contributed by atoms with E-state index in [1.54, 1.807) is 36.2 Å². The minimum Gasteiger partial charge on any atom is -0.376 e. The fourth-order valence-electron chi connectivity index (χ4n) is 3.01. The number of benzene rings is 2. The van der Waals surface area contributed by atoms with E-state index in [0.29, 0.717) is 48.6 Å². The van der Waals surface area contributed by atoms with Crippen LogP contribution in [0.5, 0.6) is 0 Å². The van der Waals surface area contributed by atoms with Crippen LogP contribution in [0.3, 0.4) is 0 Å². The molecule has 0 N–H and O–H groups in total. The van der Waals surface area contributed by atoms with Crippen molar-refractivity contribution in [2.75, 3.05) is 33.4 Å². The number of carbonyl (C=O) groups excluding carboxylic acids is 2. The second-order valence-corrected chi connectivity index (χ2v) is 6.58. The summed E-state index contributed by atoms with van der Waals surface area (Å²) >= 11 is 0. The Balaban J connectivity index is 1.74. The van der Waals surface area contributed by atoms with Crippen LogP contribution in [0.15, 0.2) is 42.5 Å². The SMILES string of the molecule is CC(=O)c1ccc(F)c(-c2ccc(C(=O)N(C)CC3COCCO3)cc2)c1. The maximum Gasteiger partial charge on any atom is 0.253 e. The monoisotopic (exact) mass is 371 g/mol. The Hall–Kier alpha value is -2.57. The maximum atomic E-state index is 14.2. The van der Waals surface area contributed by atoms with Gasteiger partial charge < -0.3 is 14.4 Å². The minimum atomic E-state index is -0.411. The van der Waals surface area contributed by atoms with Crippen molar-refractivity contribution in [3.63, 3.8) is 0 Å². The third-order valence-electron chi connectivity index (χ3n) is 4.52. The number of nitrogens with zero attached hydrogens (tertiary/aromatic N) is 1. The van der Waals surface area contributed by atoms with E-state index < -0.39 is 5.82 Å². The summed E-state index contributed by atoms with van der Waals surface area (Å²) in [7, 11) is 1.71. The second kappa shape index (κ2) is 8.41. The molecule has 3 rings (SSSR count). The van der Waals surface area contributed by atoms with Gasteiger partial charge in [-0.25, -0.2) is 4.39 Å². The van der Waals surface area contributed by atoms with Gasteiger partial charge in [-0.3, -0.25) is 9.59 Å². The lowest BCUT2D eigenvalue weighted by atomic mass is 9.99. The number of amides is 1. The average molecular weight is 371 g/mol. The van der Waals surface area contributed by atoms with E-state index in [1.807, 2.05) is 0 Å². The fraction of sp³-hybridized carbons (Fsp3) is 0.333. The molecule has 2 aromatic carbocycles. The molecule has 6 heteroatoms. The minimum absolute atomic E-state index is 0.126. The molecule has 1 saturated heterocycles. The zero-order chi connectivity index (χ0) is 19.4. The Labute approximate surface area is 157 Å². The quantitative estimate of drug-likeness (QED) is 0.758. The van der Waals surface area contributed by atoms with Gasteiger partial charge in [0, 0.05) is 30.3 Å². The molecule has 142 valence electrons. The summed E-state index contributed by atoms with van der Waals surface area (Å²) in [5, 5.41) is 0. The molecule has 2 aromatic rings. The van der Waals surface area contributed by atoms with E-state index in [2.05, 4.69) is 0 Å². The van der Waals surface area contributed by atoms with Crippen molar-refractivity contribution in [1.29, 1.82) is 0 Å². The molecule has 1 aliphatic heterocycles. The van der Waals surface area contributed by atoms with Gasteiger partial charge in [0.15, 0.2) is 5.78 Å². The smallest absolute Gasteiger partial charge is 0.253 e. The number of rotatable bonds is 5. The Morgan fingerprint density at radius 2 is 1.81 bits per heavy atom. The first-order valence-corrected chi connectivity index (χ1v) is 8.81. The number of carbonyl (C=O) groups is 2. The lowest BCUT2D eigenvalue weighted by molar-refractivity contribution is -0.0933. The predicted molar refractivity (Wildman–Crippen MR) is 99.4 cm³/mol. The zero-order valence-electron chi connectivity index (χ0n) is 15.4. The van der Waals surface area contributed by atoms with Crippen LogP contribution >= 0.6 is 0 Å². The van der Waals surface area contributed by atoms with Crippen molar-refractivity contribution in [2.24, 2.45) is 0 Å². The molecule has 1 amide bonds. The fourth-order valence-corrected chi connectivity index (χ4v) is 3.01. The van der Waals surface area contributed by atoms with Crippen molar-refractivity contribution in [2.45, 2.75) is 13.0 Å². The molecule has 1 aliphatic rings. The third-order valence-corrected chi connectivity index (χ3v) is 4.52. The summed E-state index contributed by atoms with van der Waals surface area (Å²) in [4.78, 5) is 25.7. The number of hydrogen-bond acceptors (Lipinski definition) is 4. The third kappa shape index (κ3) is 4.59. The van der Waals surface area contributed by atoms with Crippen LogP contribution in [-0.4, -0.2) is 56.1 Å². The lowest BCUT2D eigenvalue weighted by Gasteiger charge is -2.27. The van der Waals surface area contributed by atoms with Gasteiger partial charge in [-0.15, -0.1) is 0 Å². The van der Waals surface area contributed by atoms with Crippen molar-refractivity contribution in [3.8, 4) is 11.1 Å². The number of halogens is 1. The van der Waals surface area contributed by atoms with Crippen molar-refractivity contribution in [1.82, 2.24) is 4.90 Å². The number of Topliss-reactive ketones (excluding diaryl/α,β-unsaturated/α-hetero) is 1. The number of ketones is 1. The highest BCUT2D eigenvalue weighted by atomic mass is 19.1. The Kier molecular flexibility index (Phi) is 5.98. The molecule has 5 nitrogen and oxygen atoms in total. The van der Waals surface area contributed by atoms with Crippen molar-refractivity contribution >= 4 is 11.7 Å². The Morgan fingerprint density at radius 3 is 2.44 bits per heavy atom. The predicted octanol–water partition coefficient (Wildman–Crippen LogP) is 3.18. The molecule has 27 heavy (non-hydrogen) atoms. The summed E-state index contributed by atoms with van der Waals surface area (Å²) in [5.74, 6) is -0.682. The molecule has 0 radical (unpaired) electrons. The molecule has 1 fully saturated rings. The van der Waals surface area contributed by atoms with Crippen LogP contribution in [0.25, 0.3) is 11.1 Å². The molecule has 1 unspecified atom stereocenters. The molecule has 0 saturated carbocycles. The van der Waals surface area contributed by atoms with Gasteiger partial charge in [0.25, 0.3) is 5.91 Å². The molecule has 1 heterocycles. The summed E-state index contributed by atoms with van der Waals surface area (Å²) in [6.07, 6.45) is -0.129. The normalized spacial score (nSPS) is 16.8. The Morgan fingerprint density at radius 1 is 1.11 bits per heavy atom. The summed E-state index contributed by atoms with van der Waals surface area (Å²) in [5.41, 5.74) is 1.89. The van der Waals surface area contributed by atoms with Gasteiger partial charge in [-0.1, -0.05) is 12.1 Å². The molecule has 0 aromatic heterocycles. The zero-order valence-corrected chi connectivity index (χ0v) is 15.4. The number of likely N-dealkylation sites (N-methyl/N-ethyl adjacent to an activating group) is 1. The first-order chi connectivity index (χ1) is 13.0. The van der Waals surface area contributed by atoms with E-state index in [9.17, 15) is 14.0 Å². The molecule has 0 aliphatic carbocycles. The van der Waals surface area contributed by atoms with Crippen LogP contribution < -0.4 is 0 Å². The van der Waals surface area contributed by atoms with E-state index >= 15 is 0 Å². The van der Waals surface area contributed by atoms with E-state index in [0.717, 1.165) is 0 Å². The highest BCUT2D eigenvalue weighted by Gasteiger charge is 2.20. The van der Waals surface area contributed by atoms with Gasteiger partial charge in [0.1, 0.15) is 5.82 Å². The first-order valence-electron chi connectivity index (χ1n) is 8.81. The van der Waals surface area contributed by atoms with Crippen molar-refractivity contribution in [3.05, 3.63) is 59.4 Å². The van der Waals surface area contributed by atoms with Crippen LogP contribution in [0.2, 0.25) is 0 Å². The molecular formula is C21H22FNO4. The van der Waals surface area contributed by atoms with Crippen LogP contribution in [-0.2, 0) is 9.47 Å². The highest BCUT2D eigenvalue weighted by Crippen LogP contribution is 2.25. The van der Waals surface area contributed by atoms with Gasteiger partial charge in [0.05, 0.1) is 25.9 Å². The van der Waals surface area contributed by atoms with Crippen LogP contribution in [0, 0.1) is 5.82 Å². The van der Waals surface area contributed by atoms with Crippen molar-refractivity contribution < 1.29 is 23.5 Å². The topological polar surface area (TPSA) is 55.8 Å². The van der Waals surface area contributed by atoms with Crippen LogP contribution in [0.1, 0.15) is 27.6 Å². The summed E-state index contributed by atoms with van der Waals surface area (Å²) in [6, 6.07) is 11.0. The molecular weight excluding hydrogens is 349 g/mol. The molecule has 0 bridgehead atoms. The Bertz CT molecular complexity index is 829. The summed E-state index contributed by atoms with van der Waals surface area (Å²) in [6.45, 7) is 3.47. The van der Waals surface area contributed by atoms with Crippen LogP contribution in [0.4, 0.5) is 4.39 Å². The maximum absolute atomic E-state index is 14.2. The second-order valence-electron chi connectivity index (χ2n) is 6.58. The lowest BCUT2D eigenvalue weighted by Crippen LogP contribution is -2.40. The van der Waals surface area contributed by atoms with Gasteiger partial charge in [-0.05, 0) is 42.8 Å². The summed E-state index contributed by atoms with van der Waals surface area (Å²) < 4.78 is 25.1. The van der Waals surface area contributed by atoms with Gasteiger partial charge in [0.2, 0.25) is 0 Å². The molecule has 1 atom stereocenters. The van der Waals surface area contributed by atoms with E-state index in [1.165, 1.54) is 25.1 Å². The van der Waals surface area contributed by atoms with E-state index in [-0.39, 0.29) is 17.8 Å². The standard InChI is InChI=1S/C21H22FNO4/c1-14(24)17-7-8-20(22)19(11-17)15-3-5-16(6-4-15)21(25)23(2)12-18-13-26-9-10-27-18/h3-8,11,18H,9-10,12-13H2,1-2H3. The highest BCUT2D eigenvalue weighted by molar-refractivity contribution is 5.96. The first kappa shape index (κ1) is 19.2. The largest absolute Gasteiger partial charge is 0.376 e. The van der Waals surface area contributed by atoms with Gasteiger partial charge >= 0.3 is 0 Å². The number of ether oxygens (including phenoxy) is 2. The average Bonchev–Trinajstić information content (AvgIpc) is 2.68. The van der Waals surface area contributed by atoms with E-state index in [4.69, 9.17) is 9.47 Å². The molecule has 0 spiro atoms. The number of hydrogen-bond donors (Lipinski definition) is 0. The van der Waals surface area contributed by atoms with Gasteiger partial charge in [-0.2, -0.15) is 0 Å².